The molecule has 5 heteroatoms. The minimum absolute atomic E-state index is 0.0421. The molecule has 2 aromatic rings. The highest BCUT2D eigenvalue weighted by molar-refractivity contribution is 8.01. The lowest BCUT2D eigenvalue weighted by Crippen LogP contribution is -2.44. The van der Waals surface area contributed by atoms with Crippen molar-refractivity contribution in [3.63, 3.8) is 0 Å². The van der Waals surface area contributed by atoms with E-state index < -0.39 is 4.87 Å². The first-order chi connectivity index (χ1) is 10.7. The molecule has 1 unspecified atom stereocenters. The standard InChI is InChI=1S/C17H15FN2OS/c18-13-5-3-4-12(10-13)11-20-15-7-2-1-6-14(15)17(16(20)21)19-8-9-22-17/h1-7,10,19H,8-9,11H2. The van der Waals surface area contributed by atoms with E-state index >= 15 is 0 Å². The fraction of sp³-hybridized carbons (Fsp3) is 0.235. The zero-order valence-electron chi connectivity index (χ0n) is 11.9. The molecule has 2 aliphatic heterocycles. The second-order valence-corrected chi connectivity index (χ2v) is 6.80. The summed E-state index contributed by atoms with van der Waals surface area (Å²) in [5.41, 5.74) is 2.72. The van der Waals surface area contributed by atoms with Crippen molar-refractivity contribution in [2.45, 2.75) is 11.4 Å². The molecule has 3 nitrogen and oxygen atoms in total. The van der Waals surface area contributed by atoms with Crippen LogP contribution in [-0.2, 0) is 16.2 Å². The predicted molar refractivity (Wildman–Crippen MR) is 86.2 cm³/mol. The van der Waals surface area contributed by atoms with Crippen molar-refractivity contribution < 1.29 is 9.18 Å². The van der Waals surface area contributed by atoms with Crippen molar-refractivity contribution >= 4 is 23.4 Å². The van der Waals surface area contributed by atoms with E-state index in [9.17, 15) is 9.18 Å². The van der Waals surface area contributed by atoms with Crippen LogP contribution in [0.1, 0.15) is 11.1 Å². The molecule has 0 aliphatic carbocycles. The number of halogens is 1. The molecule has 1 amide bonds. The van der Waals surface area contributed by atoms with Crippen LogP contribution in [0.2, 0.25) is 0 Å². The molecule has 2 aromatic carbocycles. The van der Waals surface area contributed by atoms with Crippen LogP contribution in [0, 0.1) is 5.82 Å². The monoisotopic (exact) mass is 314 g/mol. The average molecular weight is 314 g/mol. The number of carbonyl (C=O) groups excluding carboxylic acids is 1. The van der Waals surface area contributed by atoms with Crippen molar-refractivity contribution in [2.75, 3.05) is 17.2 Å². The Morgan fingerprint density at radius 3 is 2.86 bits per heavy atom. The number of carbonyl (C=O) groups is 1. The minimum Gasteiger partial charge on any atom is -0.305 e. The van der Waals surface area contributed by atoms with E-state index in [2.05, 4.69) is 5.32 Å². The van der Waals surface area contributed by atoms with Gasteiger partial charge < -0.3 is 4.90 Å². The summed E-state index contributed by atoms with van der Waals surface area (Å²) in [6.45, 7) is 1.20. The third-order valence-corrected chi connectivity index (χ3v) is 5.52. The summed E-state index contributed by atoms with van der Waals surface area (Å²) in [6.07, 6.45) is 0. The minimum atomic E-state index is -0.663. The molecule has 1 N–H and O–H groups in total. The van der Waals surface area contributed by atoms with Crippen LogP contribution in [0.5, 0.6) is 0 Å². The summed E-state index contributed by atoms with van der Waals surface area (Å²) < 4.78 is 13.4. The van der Waals surface area contributed by atoms with Gasteiger partial charge in [-0.05, 0) is 23.8 Å². The summed E-state index contributed by atoms with van der Waals surface area (Å²) >= 11 is 1.64. The number of nitrogens with zero attached hydrogens (tertiary/aromatic N) is 1. The van der Waals surface area contributed by atoms with Gasteiger partial charge in [-0.2, -0.15) is 0 Å². The molecule has 0 aromatic heterocycles. The number of rotatable bonds is 2. The molecule has 112 valence electrons. The number of para-hydroxylation sites is 1. The molecule has 0 radical (unpaired) electrons. The van der Waals surface area contributed by atoms with Gasteiger partial charge in [0.1, 0.15) is 5.82 Å². The molecule has 1 saturated heterocycles. The average Bonchev–Trinajstić information content (AvgIpc) is 3.10. The molecule has 2 aliphatic rings. The Morgan fingerprint density at radius 1 is 1.23 bits per heavy atom. The maximum atomic E-state index is 13.4. The van der Waals surface area contributed by atoms with E-state index in [1.165, 1.54) is 12.1 Å². The smallest absolute Gasteiger partial charge is 0.262 e. The number of fused-ring (bicyclic) bond motifs is 2. The van der Waals surface area contributed by atoms with Crippen LogP contribution in [0.25, 0.3) is 0 Å². The first kappa shape index (κ1) is 13.8. The first-order valence-corrected chi connectivity index (χ1v) is 8.24. The largest absolute Gasteiger partial charge is 0.305 e. The Labute approximate surface area is 132 Å². The number of amides is 1. The normalized spacial score (nSPS) is 23.3. The number of hydrogen-bond donors (Lipinski definition) is 1. The number of hydrogen-bond acceptors (Lipinski definition) is 3. The van der Waals surface area contributed by atoms with Crippen molar-refractivity contribution in [3.05, 3.63) is 65.5 Å². The van der Waals surface area contributed by atoms with Crippen LogP contribution in [0.4, 0.5) is 10.1 Å². The lowest BCUT2D eigenvalue weighted by atomic mass is 10.1. The van der Waals surface area contributed by atoms with Crippen LogP contribution >= 0.6 is 11.8 Å². The molecule has 4 rings (SSSR count). The highest BCUT2D eigenvalue weighted by atomic mass is 32.2. The SMILES string of the molecule is O=C1N(Cc2cccc(F)c2)c2ccccc2C12NCCS2. The first-order valence-electron chi connectivity index (χ1n) is 7.26. The summed E-state index contributed by atoms with van der Waals surface area (Å²) in [4.78, 5) is 14.1. The van der Waals surface area contributed by atoms with Crippen molar-refractivity contribution in [3.8, 4) is 0 Å². The Hall–Kier alpha value is -1.85. The van der Waals surface area contributed by atoms with E-state index in [0.717, 1.165) is 29.1 Å². The molecule has 0 bridgehead atoms. The van der Waals surface area contributed by atoms with Gasteiger partial charge in [-0.3, -0.25) is 10.1 Å². The fourth-order valence-corrected chi connectivity index (χ4v) is 4.47. The zero-order valence-corrected chi connectivity index (χ0v) is 12.7. The lowest BCUT2D eigenvalue weighted by Gasteiger charge is -2.23. The zero-order chi connectivity index (χ0) is 15.2. The summed E-state index contributed by atoms with van der Waals surface area (Å²) in [5.74, 6) is 0.675. The van der Waals surface area contributed by atoms with Gasteiger partial charge in [-0.1, -0.05) is 30.3 Å². The lowest BCUT2D eigenvalue weighted by molar-refractivity contribution is -0.121. The molecule has 2 heterocycles. The molecule has 1 spiro atoms. The van der Waals surface area contributed by atoms with Gasteiger partial charge in [0.15, 0.2) is 4.87 Å². The molecule has 1 atom stereocenters. The third-order valence-electron chi connectivity index (χ3n) is 4.14. The summed E-state index contributed by atoms with van der Waals surface area (Å²) in [6, 6.07) is 14.3. The van der Waals surface area contributed by atoms with E-state index in [1.54, 1.807) is 22.7 Å². The second-order valence-electron chi connectivity index (χ2n) is 5.49. The number of nitrogens with one attached hydrogen (secondary N) is 1. The van der Waals surface area contributed by atoms with Crippen LogP contribution < -0.4 is 10.2 Å². The van der Waals surface area contributed by atoms with Crippen LogP contribution in [0.15, 0.2) is 48.5 Å². The molecule has 0 saturated carbocycles. The fourth-order valence-electron chi connectivity index (χ4n) is 3.19. The molecular weight excluding hydrogens is 299 g/mol. The van der Waals surface area contributed by atoms with Crippen molar-refractivity contribution in [1.82, 2.24) is 5.32 Å². The number of anilines is 1. The van der Waals surface area contributed by atoms with Crippen molar-refractivity contribution in [1.29, 1.82) is 0 Å². The predicted octanol–water partition coefficient (Wildman–Crippen LogP) is 2.86. The third kappa shape index (κ3) is 1.96. The second kappa shape index (κ2) is 5.11. The van der Waals surface area contributed by atoms with Crippen LogP contribution in [0.3, 0.4) is 0 Å². The van der Waals surface area contributed by atoms with Gasteiger partial charge in [0.2, 0.25) is 0 Å². The van der Waals surface area contributed by atoms with Gasteiger partial charge in [0, 0.05) is 17.9 Å². The topological polar surface area (TPSA) is 32.3 Å². The quantitative estimate of drug-likeness (QED) is 0.925. The number of benzene rings is 2. The summed E-state index contributed by atoms with van der Waals surface area (Å²) in [7, 11) is 0. The van der Waals surface area contributed by atoms with Gasteiger partial charge in [0.05, 0.1) is 12.2 Å². The molecule has 1 fully saturated rings. The van der Waals surface area contributed by atoms with Crippen LogP contribution in [-0.4, -0.2) is 18.2 Å². The Bertz CT molecular complexity index is 743. The van der Waals surface area contributed by atoms with Crippen molar-refractivity contribution in [2.24, 2.45) is 0 Å². The molecular formula is C17H15FN2OS. The van der Waals surface area contributed by atoms with Gasteiger partial charge in [-0.15, -0.1) is 11.8 Å². The van der Waals surface area contributed by atoms with E-state index in [1.807, 2.05) is 30.3 Å². The Balaban J connectivity index is 1.76. The Kier molecular flexibility index (Phi) is 3.20. The van der Waals surface area contributed by atoms with Gasteiger partial charge in [-0.25, -0.2) is 4.39 Å². The maximum absolute atomic E-state index is 13.4. The van der Waals surface area contributed by atoms with E-state index in [0.29, 0.717) is 6.54 Å². The number of thioether (sulfide) groups is 1. The molecule has 22 heavy (non-hydrogen) atoms. The van der Waals surface area contributed by atoms with E-state index in [4.69, 9.17) is 0 Å². The highest BCUT2D eigenvalue weighted by Crippen LogP contribution is 2.49. The highest BCUT2D eigenvalue weighted by Gasteiger charge is 2.53. The Morgan fingerprint density at radius 2 is 2.09 bits per heavy atom. The summed E-state index contributed by atoms with van der Waals surface area (Å²) in [5, 5.41) is 3.36. The van der Waals surface area contributed by atoms with Gasteiger partial charge in [0.25, 0.3) is 5.91 Å². The maximum Gasteiger partial charge on any atom is 0.262 e. The van der Waals surface area contributed by atoms with Gasteiger partial charge >= 0.3 is 0 Å². The van der Waals surface area contributed by atoms with E-state index in [-0.39, 0.29) is 11.7 Å².